The fraction of sp³-hybridized carbons (Fsp3) is 0.667. The molecule has 17 heavy (non-hydrogen) atoms. The minimum atomic E-state index is 0.734. The Labute approximate surface area is 102 Å². The second-order valence-electron chi connectivity index (χ2n) is 4.43. The number of aromatic nitrogens is 2. The lowest BCUT2D eigenvalue weighted by molar-refractivity contribution is 0.412. The summed E-state index contributed by atoms with van der Waals surface area (Å²) in [7, 11) is 3.72. The third-order valence-electron chi connectivity index (χ3n) is 2.92. The minimum Gasteiger partial charge on any atom is -0.490 e. The van der Waals surface area contributed by atoms with Crippen molar-refractivity contribution in [3.63, 3.8) is 0 Å². The van der Waals surface area contributed by atoms with Gasteiger partial charge in [0.05, 0.1) is 7.11 Å². The van der Waals surface area contributed by atoms with E-state index in [2.05, 4.69) is 27.2 Å². The van der Waals surface area contributed by atoms with Crippen LogP contribution in [0.5, 0.6) is 5.75 Å². The number of nitrogens with zero attached hydrogens (tertiary/aromatic N) is 3. The molecule has 1 saturated carbocycles. The number of ether oxygens (including phenoxy) is 1. The second kappa shape index (κ2) is 5.21. The van der Waals surface area contributed by atoms with E-state index in [0.717, 1.165) is 36.4 Å². The molecule has 1 fully saturated rings. The molecule has 1 heterocycles. The number of nitrogens with one attached hydrogen (secondary N) is 1. The molecule has 0 aromatic carbocycles. The van der Waals surface area contributed by atoms with Crippen molar-refractivity contribution in [2.75, 3.05) is 37.5 Å². The molecule has 0 bridgehead atoms. The molecule has 0 radical (unpaired) electrons. The van der Waals surface area contributed by atoms with Gasteiger partial charge in [-0.25, -0.2) is 9.97 Å². The molecule has 5 heteroatoms. The average molecular weight is 236 g/mol. The summed E-state index contributed by atoms with van der Waals surface area (Å²) in [5, 5.41) is 3.19. The third-order valence-corrected chi connectivity index (χ3v) is 2.92. The fourth-order valence-electron chi connectivity index (χ4n) is 1.89. The van der Waals surface area contributed by atoms with E-state index in [9.17, 15) is 0 Å². The van der Waals surface area contributed by atoms with Crippen LogP contribution >= 0.6 is 0 Å². The van der Waals surface area contributed by atoms with Gasteiger partial charge in [0.1, 0.15) is 6.33 Å². The number of hydrogen-bond donors (Lipinski definition) is 1. The standard InChI is InChI=1S/C12H20N4O/c1-4-13-11-10(17-3)12(15-8-14-11)16(2)7-9-5-6-9/h8-9H,4-7H2,1-3H3,(H,13,14,15). The molecule has 0 spiro atoms. The van der Waals surface area contributed by atoms with Crippen molar-refractivity contribution in [3.05, 3.63) is 6.33 Å². The Balaban J connectivity index is 2.21. The lowest BCUT2D eigenvalue weighted by Crippen LogP contribution is -2.22. The first-order valence-corrected chi connectivity index (χ1v) is 6.10. The van der Waals surface area contributed by atoms with Crippen LogP contribution in [0.15, 0.2) is 6.33 Å². The van der Waals surface area contributed by atoms with E-state index < -0.39 is 0 Å². The first-order valence-electron chi connectivity index (χ1n) is 6.10. The highest BCUT2D eigenvalue weighted by Gasteiger charge is 2.25. The van der Waals surface area contributed by atoms with Gasteiger partial charge in [-0.15, -0.1) is 0 Å². The van der Waals surface area contributed by atoms with Crippen LogP contribution in [0.1, 0.15) is 19.8 Å². The van der Waals surface area contributed by atoms with Crippen LogP contribution < -0.4 is 15.0 Å². The molecule has 1 aromatic heterocycles. The highest BCUT2D eigenvalue weighted by Crippen LogP contribution is 2.35. The topological polar surface area (TPSA) is 50.3 Å². The monoisotopic (exact) mass is 236 g/mol. The van der Waals surface area contributed by atoms with Gasteiger partial charge >= 0.3 is 0 Å². The Morgan fingerprint density at radius 3 is 2.82 bits per heavy atom. The maximum Gasteiger partial charge on any atom is 0.204 e. The maximum absolute atomic E-state index is 5.42. The van der Waals surface area contributed by atoms with Crippen molar-refractivity contribution in [2.45, 2.75) is 19.8 Å². The van der Waals surface area contributed by atoms with E-state index in [4.69, 9.17) is 4.74 Å². The van der Waals surface area contributed by atoms with E-state index in [0.29, 0.717) is 0 Å². The average Bonchev–Trinajstić information content (AvgIpc) is 3.13. The summed E-state index contributed by atoms with van der Waals surface area (Å²) in [4.78, 5) is 10.7. The highest BCUT2D eigenvalue weighted by molar-refractivity contribution is 5.64. The van der Waals surface area contributed by atoms with Gasteiger partial charge in [0, 0.05) is 20.1 Å². The molecule has 0 unspecified atom stereocenters. The van der Waals surface area contributed by atoms with Crippen LogP contribution in [0.2, 0.25) is 0 Å². The number of hydrogen-bond acceptors (Lipinski definition) is 5. The quantitative estimate of drug-likeness (QED) is 0.815. The summed E-state index contributed by atoms with van der Waals surface area (Å²) in [6, 6.07) is 0. The lowest BCUT2D eigenvalue weighted by atomic mass is 10.3. The van der Waals surface area contributed by atoms with E-state index in [1.165, 1.54) is 12.8 Å². The van der Waals surface area contributed by atoms with Crippen molar-refractivity contribution >= 4 is 11.6 Å². The summed E-state index contributed by atoms with van der Waals surface area (Å²) in [5.74, 6) is 3.19. The molecule has 0 atom stereocenters. The zero-order valence-electron chi connectivity index (χ0n) is 10.7. The van der Waals surface area contributed by atoms with Crippen molar-refractivity contribution in [1.29, 1.82) is 0 Å². The van der Waals surface area contributed by atoms with Gasteiger partial charge < -0.3 is 15.0 Å². The van der Waals surface area contributed by atoms with Crippen molar-refractivity contribution in [1.82, 2.24) is 9.97 Å². The molecule has 0 saturated heterocycles. The highest BCUT2D eigenvalue weighted by atomic mass is 16.5. The first kappa shape index (κ1) is 12.0. The van der Waals surface area contributed by atoms with Crippen LogP contribution in [0, 0.1) is 5.92 Å². The smallest absolute Gasteiger partial charge is 0.204 e. The van der Waals surface area contributed by atoms with Gasteiger partial charge in [-0.05, 0) is 25.7 Å². The van der Waals surface area contributed by atoms with Gasteiger partial charge in [0.2, 0.25) is 5.75 Å². The molecule has 1 aliphatic carbocycles. The van der Waals surface area contributed by atoms with Gasteiger partial charge in [-0.1, -0.05) is 0 Å². The lowest BCUT2D eigenvalue weighted by Gasteiger charge is -2.21. The van der Waals surface area contributed by atoms with E-state index in [1.54, 1.807) is 13.4 Å². The SMILES string of the molecule is CCNc1ncnc(N(C)CC2CC2)c1OC. The summed E-state index contributed by atoms with van der Waals surface area (Å²) >= 11 is 0. The number of anilines is 2. The molecule has 1 N–H and O–H groups in total. The van der Waals surface area contributed by atoms with Crippen LogP contribution in [-0.2, 0) is 0 Å². The Hall–Kier alpha value is -1.52. The Morgan fingerprint density at radius 1 is 1.47 bits per heavy atom. The van der Waals surface area contributed by atoms with Crippen molar-refractivity contribution < 1.29 is 4.74 Å². The largest absolute Gasteiger partial charge is 0.490 e. The Bertz CT molecular complexity index is 379. The predicted octanol–water partition coefficient (Wildman–Crippen LogP) is 1.76. The van der Waals surface area contributed by atoms with Gasteiger partial charge in [0.25, 0.3) is 0 Å². The molecule has 0 amide bonds. The summed E-state index contributed by atoms with van der Waals surface area (Å²) in [6.07, 6.45) is 4.24. The summed E-state index contributed by atoms with van der Waals surface area (Å²) < 4.78 is 5.42. The van der Waals surface area contributed by atoms with Crippen molar-refractivity contribution in [3.8, 4) is 5.75 Å². The molecular formula is C12H20N4O. The van der Waals surface area contributed by atoms with Gasteiger partial charge in [-0.3, -0.25) is 0 Å². The van der Waals surface area contributed by atoms with Gasteiger partial charge in [0.15, 0.2) is 11.6 Å². The zero-order valence-corrected chi connectivity index (χ0v) is 10.7. The van der Waals surface area contributed by atoms with Crippen LogP contribution in [0.4, 0.5) is 11.6 Å². The summed E-state index contributed by atoms with van der Waals surface area (Å²) in [5.41, 5.74) is 0. The zero-order chi connectivity index (χ0) is 12.3. The summed E-state index contributed by atoms with van der Waals surface area (Å²) in [6.45, 7) is 3.90. The van der Waals surface area contributed by atoms with Gasteiger partial charge in [-0.2, -0.15) is 0 Å². The van der Waals surface area contributed by atoms with Crippen LogP contribution in [-0.4, -0.2) is 37.2 Å². The van der Waals surface area contributed by atoms with Crippen molar-refractivity contribution in [2.24, 2.45) is 5.92 Å². The maximum atomic E-state index is 5.42. The fourth-order valence-corrected chi connectivity index (χ4v) is 1.89. The molecule has 1 aliphatic rings. The Kier molecular flexibility index (Phi) is 3.66. The molecule has 0 aliphatic heterocycles. The predicted molar refractivity (Wildman–Crippen MR) is 68.7 cm³/mol. The molecule has 94 valence electrons. The molecule has 1 aromatic rings. The van der Waals surface area contributed by atoms with E-state index in [-0.39, 0.29) is 0 Å². The number of methoxy groups -OCH3 is 1. The number of rotatable bonds is 6. The minimum absolute atomic E-state index is 0.734. The van der Waals surface area contributed by atoms with Crippen LogP contribution in [0.25, 0.3) is 0 Å². The molecule has 2 rings (SSSR count). The van der Waals surface area contributed by atoms with E-state index in [1.807, 2.05) is 6.92 Å². The molecular weight excluding hydrogens is 216 g/mol. The van der Waals surface area contributed by atoms with E-state index >= 15 is 0 Å². The Morgan fingerprint density at radius 2 is 2.24 bits per heavy atom. The molecule has 5 nitrogen and oxygen atoms in total. The van der Waals surface area contributed by atoms with Crippen LogP contribution in [0.3, 0.4) is 0 Å². The third kappa shape index (κ3) is 2.78. The normalized spacial score (nSPS) is 14.5. The first-order chi connectivity index (χ1) is 8.26. The second-order valence-corrected chi connectivity index (χ2v) is 4.43.